The van der Waals surface area contributed by atoms with Crippen LogP contribution in [0.3, 0.4) is 0 Å². The maximum Gasteiger partial charge on any atom is 0.242 e. The normalized spacial score (nSPS) is 20.0. The molecular formula is C18H20N6O2. The highest BCUT2D eigenvalue weighted by Gasteiger charge is 2.27. The first kappa shape index (κ1) is 16.5. The smallest absolute Gasteiger partial charge is 0.242 e. The molecule has 1 aromatic carbocycles. The van der Waals surface area contributed by atoms with Crippen LogP contribution in [0.2, 0.25) is 0 Å². The molecule has 1 aliphatic rings. The zero-order chi connectivity index (χ0) is 17.8. The van der Waals surface area contributed by atoms with Crippen LogP contribution in [0.4, 0.5) is 5.82 Å². The number of benzene rings is 1. The van der Waals surface area contributed by atoms with E-state index in [0.29, 0.717) is 19.0 Å². The minimum atomic E-state index is -0.0692. The summed E-state index contributed by atoms with van der Waals surface area (Å²) in [5, 5.41) is 11.8. The van der Waals surface area contributed by atoms with E-state index in [4.69, 9.17) is 4.74 Å². The molecule has 0 unspecified atom stereocenters. The maximum atomic E-state index is 12.6. The summed E-state index contributed by atoms with van der Waals surface area (Å²) in [7, 11) is 0. The number of carbonyl (C=O) groups excluding carboxylic acids is 1. The molecule has 8 nitrogen and oxygen atoms in total. The number of amides is 1. The zero-order valence-corrected chi connectivity index (χ0v) is 14.2. The number of anilines is 1. The second-order valence-corrected chi connectivity index (χ2v) is 6.24. The molecule has 0 saturated carbocycles. The molecular weight excluding hydrogens is 332 g/mol. The third-order valence-electron chi connectivity index (χ3n) is 4.46. The van der Waals surface area contributed by atoms with Crippen LogP contribution in [0.1, 0.15) is 6.42 Å². The van der Waals surface area contributed by atoms with Gasteiger partial charge in [0.2, 0.25) is 5.91 Å². The van der Waals surface area contributed by atoms with Crippen molar-refractivity contribution in [3.8, 4) is 0 Å². The van der Waals surface area contributed by atoms with Crippen molar-refractivity contribution in [3.05, 3.63) is 49.1 Å². The van der Waals surface area contributed by atoms with E-state index in [2.05, 4.69) is 25.7 Å². The van der Waals surface area contributed by atoms with Crippen molar-refractivity contribution >= 4 is 22.6 Å². The van der Waals surface area contributed by atoms with Crippen LogP contribution in [-0.2, 0) is 16.1 Å². The molecule has 4 rings (SSSR count). The number of fused-ring (bicyclic) bond motifs is 1. The molecule has 134 valence electrons. The van der Waals surface area contributed by atoms with Crippen molar-refractivity contribution in [2.75, 3.05) is 18.5 Å². The quantitative estimate of drug-likeness (QED) is 0.717. The van der Waals surface area contributed by atoms with Gasteiger partial charge in [-0.05, 0) is 18.6 Å². The summed E-state index contributed by atoms with van der Waals surface area (Å²) >= 11 is 0. The Kier molecular flexibility index (Phi) is 4.74. The first-order valence-corrected chi connectivity index (χ1v) is 8.60. The minimum absolute atomic E-state index is 0.0342. The molecule has 3 heterocycles. The number of ether oxygens (including phenoxy) is 1. The lowest BCUT2D eigenvalue weighted by molar-refractivity contribution is -0.123. The summed E-state index contributed by atoms with van der Waals surface area (Å²) in [6.45, 7) is 1.32. The van der Waals surface area contributed by atoms with Crippen molar-refractivity contribution < 1.29 is 9.53 Å². The predicted molar refractivity (Wildman–Crippen MR) is 96.5 cm³/mol. The molecule has 1 saturated heterocycles. The van der Waals surface area contributed by atoms with E-state index in [1.165, 1.54) is 6.33 Å². The zero-order valence-electron chi connectivity index (χ0n) is 14.2. The van der Waals surface area contributed by atoms with E-state index in [1.54, 1.807) is 23.1 Å². The Labute approximate surface area is 150 Å². The Morgan fingerprint density at radius 1 is 1.27 bits per heavy atom. The van der Waals surface area contributed by atoms with Gasteiger partial charge in [-0.3, -0.25) is 9.48 Å². The molecule has 1 fully saturated rings. The van der Waals surface area contributed by atoms with Gasteiger partial charge in [0.25, 0.3) is 0 Å². The Balaban J connectivity index is 1.41. The van der Waals surface area contributed by atoms with Crippen molar-refractivity contribution in [2.24, 2.45) is 0 Å². The fourth-order valence-corrected chi connectivity index (χ4v) is 3.16. The summed E-state index contributed by atoms with van der Waals surface area (Å²) in [5.74, 6) is 0.646. The van der Waals surface area contributed by atoms with E-state index >= 15 is 0 Å². The lowest BCUT2D eigenvalue weighted by atomic mass is 10.0. The number of nitrogens with one attached hydrogen (secondary N) is 2. The van der Waals surface area contributed by atoms with Crippen LogP contribution >= 0.6 is 0 Å². The SMILES string of the molecule is O=C(Cn1ncc2ccccc21)N[C@H]1CCOC[C@H]1Nc1ccncn1. The van der Waals surface area contributed by atoms with E-state index in [1.807, 2.05) is 24.3 Å². The third-order valence-corrected chi connectivity index (χ3v) is 4.46. The molecule has 1 amide bonds. The van der Waals surface area contributed by atoms with Gasteiger partial charge in [-0.15, -0.1) is 0 Å². The molecule has 2 atom stereocenters. The van der Waals surface area contributed by atoms with E-state index in [-0.39, 0.29) is 24.5 Å². The number of carbonyl (C=O) groups is 1. The highest BCUT2D eigenvalue weighted by Crippen LogP contribution is 2.14. The van der Waals surface area contributed by atoms with Gasteiger partial charge in [0.15, 0.2) is 0 Å². The molecule has 26 heavy (non-hydrogen) atoms. The van der Waals surface area contributed by atoms with Crippen LogP contribution in [0, 0.1) is 0 Å². The van der Waals surface area contributed by atoms with E-state index in [9.17, 15) is 4.79 Å². The Bertz CT molecular complexity index is 882. The summed E-state index contributed by atoms with van der Waals surface area (Å²) in [4.78, 5) is 20.6. The van der Waals surface area contributed by atoms with Crippen molar-refractivity contribution in [1.82, 2.24) is 25.1 Å². The third kappa shape index (κ3) is 3.65. The van der Waals surface area contributed by atoms with Crippen LogP contribution in [-0.4, -0.2) is 51.0 Å². The number of aromatic nitrogens is 4. The van der Waals surface area contributed by atoms with Gasteiger partial charge in [-0.1, -0.05) is 18.2 Å². The first-order valence-electron chi connectivity index (χ1n) is 8.60. The van der Waals surface area contributed by atoms with E-state index < -0.39 is 0 Å². The highest BCUT2D eigenvalue weighted by molar-refractivity contribution is 5.82. The van der Waals surface area contributed by atoms with Crippen molar-refractivity contribution in [3.63, 3.8) is 0 Å². The van der Waals surface area contributed by atoms with Gasteiger partial charge in [0.1, 0.15) is 18.7 Å². The maximum absolute atomic E-state index is 12.6. The van der Waals surface area contributed by atoms with Crippen molar-refractivity contribution in [1.29, 1.82) is 0 Å². The van der Waals surface area contributed by atoms with Gasteiger partial charge in [-0.2, -0.15) is 5.10 Å². The molecule has 0 bridgehead atoms. The molecule has 0 radical (unpaired) electrons. The first-order chi connectivity index (χ1) is 12.8. The predicted octanol–water partition coefficient (Wildman–Crippen LogP) is 1.21. The van der Waals surface area contributed by atoms with E-state index in [0.717, 1.165) is 17.3 Å². The molecule has 1 aliphatic heterocycles. The number of rotatable bonds is 5. The van der Waals surface area contributed by atoms with Crippen LogP contribution < -0.4 is 10.6 Å². The Morgan fingerprint density at radius 2 is 2.19 bits per heavy atom. The average molecular weight is 352 g/mol. The van der Waals surface area contributed by atoms with Gasteiger partial charge < -0.3 is 15.4 Å². The number of para-hydroxylation sites is 1. The molecule has 2 aromatic heterocycles. The molecule has 0 spiro atoms. The van der Waals surface area contributed by atoms with Crippen LogP contribution in [0.5, 0.6) is 0 Å². The summed E-state index contributed by atoms with van der Waals surface area (Å²) in [5.41, 5.74) is 0.949. The monoisotopic (exact) mass is 352 g/mol. The second-order valence-electron chi connectivity index (χ2n) is 6.24. The molecule has 3 aromatic rings. The highest BCUT2D eigenvalue weighted by atomic mass is 16.5. The lowest BCUT2D eigenvalue weighted by Gasteiger charge is -2.33. The molecule has 2 N–H and O–H groups in total. The topological polar surface area (TPSA) is 94.0 Å². The lowest BCUT2D eigenvalue weighted by Crippen LogP contribution is -2.52. The van der Waals surface area contributed by atoms with Gasteiger partial charge in [-0.25, -0.2) is 9.97 Å². The number of hydrogen-bond acceptors (Lipinski definition) is 6. The summed E-state index contributed by atoms with van der Waals surface area (Å²) in [6.07, 6.45) is 5.68. The fourth-order valence-electron chi connectivity index (χ4n) is 3.16. The average Bonchev–Trinajstić information content (AvgIpc) is 3.07. The van der Waals surface area contributed by atoms with Crippen molar-refractivity contribution in [2.45, 2.75) is 25.0 Å². The fraction of sp³-hybridized carbons (Fsp3) is 0.333. The largest absolute Gasteiger partial charge is 0.379 e. The van der Waals surface area contributed by atoms with Gasteiger partial charge in [0.05, 0.1) is 30.4 Å². The Morgan fingerprint density at radius 3 is 3.08 bits per heavy atom. The minimum Gasteiger partial charge on any atom is -0.379 e. The van der Waals surface area contributed by atoms with Crippen LogP contribution in [0.15, 0.2) is 49.1 Å². The Hall–Kier alpha value is -3.00. The van der Waals surface area contributed by atoms with Crippen LogP contribution in [0.25, 0.3) is 10.9 Å². The van der Waals surface area contributed by atoms with Gasteiger partial charge in [0, 0.05) is 18.2 Å². The second kappa shape index (κ2) is 7.49. The van der Waals surface area contributed by atoms with Gasteiger partial charge >= 0.3 is 0 Å². The molecule has 8 heteroatoms. The number of nitrogens with zero attached hydrogens (tertiary/aromatic N) is 4. The molecule has 0 aliphatic carbocycles. The number of hydrogen-bond donors (Lipinski definition) is 2. The summed E-state index contributed by atoms with van der Waals surface area (Å²) < 4.78 is 7.27. The standard InChI is InChI=1S/C18H20N6O2/c25-18(10-24-16-4-2-1-3-13(16)9-21-24)23-14-6-8-26-11-15(14)22-17-5-7-19-12-20-17/h1-5,7,9,12,14-15H,6,8,10-11H2,(H,23,25)(H,19,20,22)/t14-,15+/m0/s1. The summed E-state index contributed by atoms with van der Waals surface area (Å²) in [6, 6.07) is 9.56.